The zero-order valence-corrected chi connectivity index (χ0v) is 16.4. The number of ether oxygens (including phenoxy) is 1. The van der Waals surface area contributed by atoms with Crippen molar-refractivity contribution in [1.29, 1.82) is 0 Å². The highest BCUT2D eigenvalue weighted by Gasteiger charge is 2.47. The fourth-order valence-electron chi connectivity index (χ4n) is 4.14. The van der Waals surface area contributed by atoms with Gasteiger partial charge >= 0.3 is 0 Å². The van der Waals surface area contributed by atoms with Crippen LogP contribution in [-0.2, 0) is 4.79 Å². The Hall–Kier alpha value is -2.63. The Balaban J connectivity index is 1.38. The van der Waals surface area contributed by atoms with Crippen LogP contribution in [0.15, 0.2) is 24.3 Å². The van der Waals surface area contributed by atoms with E-state index in [1.54, 1.807) is 0 Å². The summed E-state index contributed by atoms with van der Waals surface area (Å²) in [6.07, 6.45) is 1.06. The van der Waals surface area contributed by atoms with Crippen LogP contribution in [0.1, 0.15) is 29.1 Å². The molecule has 3 saturated heterocycles. The summed E-state index contributed by atoms with van der Waals surface area (Å²) >= 11 is 0. The number of carbonyl (C=O) groups excluding carboxylic acids is 1. The van der Waals surface area contributed by atoms with Crippen molar-refractivity contribution in [2.45, 2.75) is 46.2 Å². The van der Waals surface area contributed by atoms with E-state index in [0.29, 0.717) is 0 Å². The molecule has 0 radical (unpaired) electrons. The molecule has 2 bridgehead atoms. The summed E-state index contributed by atoms with van der Waals surface area (Å²) in [7, 11) is 0. The summed E-state index contributed by atoms with van der Waals surface area (Å²) in [6.45, 7) is 9.68. The maximum atomic E-state index is 12.7. The van der Waals surface area contributed by atoms with Gasteiger partial charge in [-0.2, -0.15) is 0 Å². The average molecular weight is 366 g/mol. The minimum Gasteiger partial charge on any atom is -0.483 e. The molecule has 2 aromatic rings. The SMILES string of the molecule is Cc1ccc(C)c(OCC(=O)N2C3CC2CN(c2cc(C)nc(C)n2)C3)c1. The van der Waals surface area contributed by atoms with Crippen molar-refractivity contribution in [1.82, 2.24) is 14.9 Å². The van der Waals surface area contributed by atoms with Crippen LogP contribution in [0.3, 0.4) is 0 Å². The Bertz CT molecular complexity index is 850. The Morgan fingerprint density at radius 3 is 2.56 bits per heavy atom. The van der Waals surface area contributed by atoms with Gasteiger partial charge < -0.3 is 14.5 Å². The first-order chi connectivity index (χ1) is 12.9. The molecule has 0 spiro atoms. The van der Waals surface area contributed by atoms with Gasteiger partial charge in [-0.1, -0.05) is 12.1 Å². The highest BCUT2D eigenvalue weighted by atomic mass is 16.5. The van der Waals surface area contributed by atoms with Crippen molar-refractivity contribution in [3.8, 4) is 5.75 Å². The molecule has 142 valence electrons. The molecule has 6 heteroatoms. The van der Waals surface area contributed by atoms with Gasteiger partial charge in [0.15, 0.2) is 6.61 Å². The van der Waals surface area contributed by atoms with Crippen molar-refractivity contribution in [3.05, 3.63) is 46.9 Å². The predicted octanol–water partition coefficient (Wildman–Crippen LogP) is 2.58. The largest absolute Gasteiger partial charge is 0.483 e. The minimum atomic E-state index is 0.0758. The van der Waals surface area contributed by atoms with Gasteiger partial charge in [-0.25, -0.2) is 9.97 Å². The minimum absolute atomic E-state index is 0.0758. The Morgan fingerprint density at radius 1 is 1.11 bits per heavy atom. The molecule has 27 heavy (non-hydrogen) atoms. The van der Waals surface area contributed by atoms with Gasteiger partial charge in [0.2, 0.25) is 0 Å². The second kappa shape index (κ2) is 6.83. The summed E-state index contributed by atoms with van der Waals surface area (Å²) in [5.41, 5.74) is 3.17. The highest BCUT2D eigenvalue weighted by molar-refractivity contribution is 5.80. The molecule has 0 aliphatic carbocycles. The number of piperidine rings is 1. The number of aromatic nitrogens is 2. The number of piperazine rings is 1. The van der Waals surface area contributed by atoms with Gasteiger partial charge in [-0.15, -0.1) is 0 Å². The lowest BCUT2D eigenvalue weighted by atomic mass is 9.87. The number of hydrogen-bond acceptors (Lipinski definition) is 5. The van der Waals surface area contributed by atoms with Crippen LogP contribution >= 0.6 is 0 Å². The second-order valence-electron chi connectivity index (χ2n) is 7.72. The van der Waals surface area contributed by atoms with Gasteiger partial charge in [-0.3, -0.25) is 4.79 Å². The van der Waals surface area contributed by atoms with Gasteiger partial charge in [0.25, 0.3) is 5.91 Å². The van der Waals surface area contributed by atoms with Crippen LogP contribution in [0.25, 0.3) is 0 Å². The van der Waals surface area contributed by atoms with E-state index in [1.807, 2.05) is 50.8 Å². The number of hydrogen-bond donors (Lipinski definition) is 0. The quantitative estimate of drug-likeness (QED) is 0.832. The molecule has 4 heterocycles. The molecule has 1 amide bonds. The van der Waals surface area contributed by atoms with Crippen LogP contribution in [0.5, 0.6) is 5.75 Å². The van der Waals surface area contributed by atoms with Crippen molar-refractivity contribution in [2.24, 2.45) is 0 Å². The topological polar surface area (TPSA) is 58.6 Å². The smallest absolute Gasteiger partial charge is 0.261 e. The number of aryl methyl sites for hydroxylation is 4. The predicted molar refractivity (Wildman–Crippen MR) is 104 cm³/mol. The summed E-state index contributed by atoms with van der Waals surface area (Å²) in [4.78, 5) is 25.9. The number of benzene rings is 1. The normalized spacial score (nSPS) is 21.0. The molecule has 0 saturated carbocycles. The van der Waals surface area contributed by atoms with Gasteiger partial charge in [0.1, 0.15) is 17.4 Å². The Morgan fingerprint density at radius 2 is 1.85 bits per heavy atom. The number of carbonyl (C=O) groups is 1. The molecule has 1 aromatic heterocycles. The lowest BCUT2D eigenvalue weighted by molar-refractivity contribution is -0.148. The van der Waals surface area contributed by atoms with E-state index >= 15 is 0 Å². The lowest BCUT2D eigenvalue weighted by Crippen LogP contribution is -2.71. The fourth-order valence-corrected chi connectivity index (χ4v) is 4.14. The first-order valence-corrected chi connectivity index (χ1v) is 9.49. The van der Waals surface area contributed by atoms with Crippen LogP contribution in [0, 0.1) is 27.7 Å². The van der Waals surface area contributed by atoms with E-state index in [9.17, 15) is 4.79 Å². The Labute approximate surface area is 160 Å². The molecular weight excluding hydrogens is 340 g/mol. The van der Waals surface area contributed by atoms with E-state index in [-0.39, 0.29) is 24.6 Å². The number of anilines is 1. The van der Waals surface area contributed by atoms with E-state index in [4.69, 9.17) is 4.74 Å². The molecule has 3 aliphatic rings. The fraction of sp³-hybridized carbons (Fsp3) is 0.476. The molecule has 5 rings (SSSR count). The van der Waals surface area contributed by atoms with Crippen LogP contribution in [0.4, 0.5) is 5.82 Å². The molecular formula is C21H26N4O2. The first kappa shape index (κ1) is 17.8. The van der Waals surface area contributed by atoms with Gasteiger partial charge in [0.05, 0.1) is 12.1 Å². The summed E-state index contributed by atoms with van der Waals surface area (Å²) in [5, 5.41) is 0. The maximum absolute atomic E-state index is 12.7. The number of fused-ring (bicyclic) bond motifs is 2. The third-order valence-electron chi connectivity index (χ3n) is 5.45. The van der Waals surface area contributed by atoms with Crippen molar-refractivity contribution >= 4 is 11.7 Å². The first-order valence-electron chi connectivity index (χ1n) is 9.49. The molecule has 2 atom stereocenters. The van der Waals surface area contributed by atoms with E-state index in [0.717, 1.165) is 53.7 Å². The summed E-state index contributed by atoms with van der Waals surface area (Å²) < 4.78 is 5.82. The summed E-state index contributed by atoms with van der Waals surface area (Å²) in [5.74, 6) is 2.63. The molecule has 6 nitrogen and oxygen atoms in total. The van der Waals surface area contributed by atoms with E-state index in [2.05, 4.69) is 20.9 Å². The van der Waals surface area contributed by atoms with Crippen molar-refractivity contribution in [3.63, 3.8) is 0 Å². The van der Waals surface area contributed by atoms with Crippen molar-refractivity contribution in [2.75, 3.05) is 24.6 Å². The standard InChI is InChI=1S/C21H26N4O2/c1-13-5-6-14(2)19(7-13)27-12-21(26)25-17-9-18(25)11-24(10-17)20-8-15(3)22-16(4)23-20/h5-8,17-18H,9-12H2,1-4H3. The second-order valence-corrected chi connectivity index (χ2v) is 7.72. The third-order valence-corrected chi connectivity index (χ3v) is 5.45. The van der Waals surface area contributed by atoms with Crippen molar-refractivity contribution < 1.29 is 9.53 Å². The zero-order valence-electron chi connectivity index (χ0n) is 16.4. The Kier molecular flexibility index (Phi) is 4.50. The molecule has 3 aliphatic heterocycles. The van der Waals surface area contributed by atoms with Crippen LogP contribution in [-0.4, -0.2) is 52.6 Å². The number of rotatable bonds is 4. The number of amides is 1. The maximum Gasteiger partial charge on any atom is 0.261 e. The monoisotopic (exact) mass is 366 g/mol. The van der Waals surface area contributed by atoms with E-state index in [1.165, 1.54) is 0 Å². The van der Waals surface area contributed by atoms with Crippen LogP contribution in [0.2, 0.25) is 0 Å². The molecule has 0 N–H and O–H groups in total. The average Bonchev–Trinajstić information content (AvgIpc) is 2.61. The van der Waals surface area contributed by atoms with Crippen LogP contribution < -0.4 is 9.64 Å². The zero-order chi connectivity index (χ0) is 19.1. The van der Waals surface area contributed by atoms with E-state index < -0.39 is 0 Å². The van der Waals surface area contributed by atoms with Gasteiger partial charge in [0, 0.05) is 24.8 Å². The molecule has 1 aromatic carbocycles. The lowest BCUT2D eigenvalue weighted by Gasteiger charge is -2.56. The third kappa shape index (κ3) is 3.48. The molecule has 3 fully saturated rings. The highest BCUT2D eigenvalue weighted by Crippen LogP contribution is 2.34. The molecule has 2 unspecified atom stereocenters. The number of nitrogens with zero attached hydrogens (tertiary/aromatic N) is 4. The van der Waals surface area contributed by atoms with Gasteiger partial charge in [-0.05, 0) is 51.3 Å². The summed E-state index contributed by atoms with van der Waals surface area (Å²) in [6, 6.07) is 8.57.